The average Bonchev–Trinajstić information content (AvgIpc) is 3.59. The summed E-state index contributed by atoms with van der Waals surface area (Å²) in [7, 11) is 0. The number of para-hydroxylation sites is 1. The van der Waals surface area contributed by atoms with E-state index in [9.17, 15) is 9.59 Å². The first-order chi connectivity index (χ1) is 17.2. The van der Waals surface area contributed by atoms with Crippen LogP contribution in [0.3, 0.4) is 0 Å². The van der Waals surface area contributed by atoms with E-state index in [1.807, 2.05) is 53.1 Å². The van der Waals surface area contributed by atoms with Crippen molar-refractivity contribution in [2.24, 2.45) is 0 Å². The van der Waals surface area contributed by atoms with Crippen LogP contribution in [0.2, 0.25) is 0 Å². The van der Waals surface area contributed by atoms with Crippen LogP contribution in [-0.4, -0.2) is 68.3 Å². The van der Waals surface area contributed by atoms with E-state index < -0.39 is 0 Å². The molecule has 5 rings (SSSR count). The second kappa shape index (κ2) is 10.6. The van der Waals surface area contributed by atoms with Gasteiger partial charge in [0.1, 0.15) is 5.82 Å². The van der Waals surface area contributed by atoms with E-state index in [4.69, 9.17) is 4.42 Å². The molecule has 2 amide bonds. The minimum Gasteiger partial charge on any atom is -0.459 e. The van der Waals surface area contributed by atoms with Gasteiger partial charge in [0.05, 0.1) is 12.0 Å². The third kappa shape index (κ3) is 5.30. The van der Waals surface area contributed by atoms with E-state index in [1.54, 1.807) is 21.9 Å². The molecule has 1 saturated heterocycles. The fraction of sp³-hybridized carbons (Fsp3) is 0.231. The van der Waals surface area contributed by atoms with Gasteiger partial charge in [0.25, 0.3) is 5.91 Å². The zero-order valence-electron chi connectivity index (χ0n) is 19.1. The molecule has 4 aromatic rings. The summed E-state index contributed by atoms with van der Waals surface area (Å²) in [5, 5.41) is 9.54. The average molecular weight is 488 g/mol. The van der Waals surface area contributed by atoms with Crippen LogP contribution in [0.1, 0.15) is 21.9 Å². The van der Waals surface area contributed by atoms with Gasteiger partial charge >= 0.3 is 0 Å². The summed E-state index contributed by atoms with van der Waals surface area (Å²) in [6.45, 7) is 1.96. The molecule has 0 spiro atoms. The molecule has 3 heterocycles. The molecule has 178 valence electrons. The van der Waals surface area contributed by atoms with Crippen LogP contribution in [-0.2, 0) is 11.2 Å². The van der Waals surface area contributed by atoms with Gasteiger partial charge in [-0.2, -0.15) is 0 Å². The number of hydrogen-bond acceptors (Lipinski definition) is 6. The Balaban J connectivity index is 1.24. The van der Waals surface area contributed by atoms with E-state index in [0.717, 1.165) is 17.1 Å². The highest BCUT2D eigenvalue weighted by Crippen LogP contribution is 2.24. The number of carbonyl (C=O) groups is 2. The van der Waals surface area contributed by atoms with Gasteiger partial charge in [-0.25, -0.2) is 0 Å². The first-order valence-corrected chi connectivity index (χ1v) is 12.4. The number of nitrogens with zero attached hydrogens (tertiary/aromatic N) is 5. The predicted octanol–water partition coefficient (Wildman–Crippen LogP) is 3.53. The molecule has 0 N–H and O–H groups in total. The number of thioether (sulfide) groups is 1. The minimum atomic E-state index is -0.140. The van der Waals surface area contributed by atoms with Crippen molar-refractivity contribution in [2.45, 2.75) is 11.6 Å². The highest BCUT2D eigenvalue weighted by molar-refractivity contribution is 7.99. The second-order valence-corrected chi connectivity index (χ2v) is 9.11. The Bertz CT molecular complexity index is 1270. The SMILES string of the molecule is O=C(CSc1nnc(Cc2ccccc2)n1-c1ccccc1)N1CCN(C(=O)c2ccco2)CC1. The molecule has 0 saturated carbocycles. The molecule has 1 aliphatic heterocycles. The third-order valence-electron chi connectivity index (χ3n) is 5.90. The molecule has 0 unspecified atom stereocenters. The Morgan fingerprint density at radius 1 is 0.829 bits per heavy atom. The van der Waals surface area contributed by atoms with Crippen molar-refractivity contribution in [1.82, 2.24) is 24.6 Å². The molecule has 1 fully saturated rings. The Hall–Kier alpha value is -3.85. The lowest BCUT2D eigenvalue weighted by Crippen LogP contribution is -2.51. The lowest BCUT2D eigenvalue weighted by Gasteiger charge is -2.34. The van der Waals surface area contributed by atoms with Crippen molar-refractivity contribution in [1.29, 1.82) is 0 Å². The molecule has 9 heteroatoms. The van der Waals surface area contributed by atoms with Gasteiger partial charge < -0.3 is 14.2 Å². The van der Waals surface area contributed by atoms with Gasteiger partial charge in [-0.15, -0.1) is 10.2 Å². The Morgan fingerprint density at radius 2 is 1.51 bits per heavy atom. The maximum atomic E-state index is 12.9. The molecule has 0 atom stereocenters. The van der Waals surface area contributed by atoms with Crippen molar-refractivity contribution in [3.63, 3.8) is 0 Å². The van der Waals surface area contributed by atoms with Crippen molar-refractivity contribution in [3.8, 4) is 5.69 Å². The molecule has 0 bridgehead atoms. The standard InChI is InChI=1S/C26H25N5O3S/c32-24(29-13-15-30(16-14-29)25(33)22-12-7-17-34-22)19-35-26-28-27-23(18-20-8-3-1-4-9-20)31(26)21-10-5-2-6-11-21/h1-12,17H,13-16,18-19H2. The summed E-state index contributed by atoms with van der Waals surface area (Å²) < 4.78 is 7.23. The van der Waals surface area contributed by atoms with Crippen LogP contribution < -0.4 is 0 Å². The highest BCUT2D eigenvalue weighted by Gasteiger charge is 2.26. The van der Waals surface area contributed by atoms with E-state index in [1.165, 1.54) is 18.0 Å². The molecule has 2 aromatic heterocycles. The lowest BCUT2D eigenvalue weighted by molar-refractivity contribution is -0.129. The fourth-order valence-electron chi connectivity index (χ4n) is 4.06. The summed E-state index contributed by atoms with van der Waals surface area (Å²) in [6, 6.07) is 23.4. The summed E-state index contributed by atoms with van der Waals surface area (Å²) in [5.41, 5.74) is 2.11. The Morgan fingerprint density at radius 3 is 2.20 bits per heavy atom. The molecule has 2 aromatic carbocycles. The van der Waals surface area contributed by atoms with Crippen LogP contribution >= 0.6 is 11.8 Å². The normalized spacial score (nSPS) is 13.7. The second-order valence-electron chi connectivity index (χ2n) is 8.17. The van der Waals surface area contributed by atoms with Crippen LogP contribution in [0.15, 0.2) is 88.6 Å². The lowest BCUT2D eigenvalue weighted by atomic mass is 10.1. The summed E-state index contributed by atoms with van der Waals surface area (Å²) >= 11 is 1.38. The zero-order chi connectivity index (χ0) is 24.0. The number of benzene rings is 2. The molecular formula is C26H25N5O3S. The van der Waals surface area contributed by atoms with Crippen LogP contribution in [0, 0.1) is 0 Å². The van der Waals surface area contributed by atoms with E-state index in [0.29, 0.717) is 43.5 Å². The number of hydrogen-bond donors (Lipinski definition) is 0. The zero-order valence-corrected chi connectivity index (χ0v) is 19.9. The van der Waals surface area contributed by atoms with E-state index in [-0.39, 0.29) is 17.6 Å². The Kier molecular flexibility index (Phi) is 6.94. The quantitative estimate of drug-likeness (QED) is 0.371. The van der Waals surface area contributed by atoms with Crippen molar-refractivity contribution in [3.05, 3.63) is 96.2 Å². The number of aromatic nitrogens is 3. The van der Waals surface area contributed by atoms with Gasteiger partial charge in [-0.1, -0.05) is 60.3 Å². The first-order valence-electron chi connectivity index (χ1n) is 11.5. The molecule has 1 aliphatic rings. The molecule has 35 heavy (non-hydrogen) atoms. The highest BCUT2D eigenvalue weighted by atomic mass is 32.2. The third-order valence-corrected chi connectivity index (χ3v) is 6.81. The topological polar surface area (TPSA) is 84.5 Å². The number of piperazine rings is 1. The van der Waals surface area contributed by atoms with Crippen molar-refractivity contribution in [2.75, 3.05) is 31.9 Å². The summed E-state index contributed by atoms with van der Waals surface area (Å²) in [4.78, 5) is 28.9. The van der Waals surface area contributed by atoms with Gasteiger partial charge in [0, 0.05) is 38.3 Å². The largest absolute Gasteiger partial charge is 0.459 e. The van der Waals surface area contributed by atoms with Crippen LogP contribution in [0.25, 0.3) is 5.69 Å². The smallest absolute Gasteiger partial charge is 0.289 e. The number of furan rings is 1. The van der Waals surface area contributed by atoms with Gasteiger partial charge in [-0.3, -0.25) is 14.2 Å². The molecule has 0 aliphatic carbocycles. The van der Waals surface area contributed by atoms with Crippen molar-refractivity contribution < 1.29 is 14.0 Å². The predicted molar refractivity (Wildman–Crippen MR) is 133 cm³/mol. The summed E-state index contributed by atoms with van der Waals surface area (Å²) in [6.07, 6.45) is 2.13. The Labute approximate surface area is 207 Å². The molecule has 8 nitrogen and oxygen atoms in total. The van der Waals surface area contributed by atoms with E-state index in [2.05, 4.69) is 22.3 Å². The van der Waals surface area contributed by atoms with Crippen molar-refractivity contribution >= 4 is 23.6 Å². The van der Waals surface area contributed by atoms with E-state index >= 15 is 0 Å². The molecule has 0 radical (unpaired) electrons. The number of rotatable bonds is 7. The minimum absolute atomic E-state index is 0.0207. The van der Waals surface area contributed by atoms with Crippen LogP contribution in [0.5, 0.6) is 0 Å². The van der Waals surface area contributed by atoms with Gasteiger partial charge in [-0.05, 0) is 29.8 Å². The first kappa shape index (κ1) is 22.9. The van der Waals surface area contributed by atoms with Gasteiger partial charge in [0.15, 0.2) is 10.9 Å². The monoisotopic (exact) mass is 487 g/mol. The molecular weight excluding hydrogens is 462 g/mol. The van der Waals surface area contributed by atoms with Crippen LogP contribution in [0.4, 0.5) is 0 Å². The maximum absolute atomic E-state index is 12.9. The summed E-state index contributed by atoms with van der Waals surface area (Å²) in [5.74, 6) is 1.28. The number of carbonyl (C=O) groups excluding carboxylic acids is 2. The fourth-order valence-corrected chi connectivity index (χ4v) is 4.93. The maximum Gasteiger partial charge on any atom is 0.289 e. The number of amides is 2. The van der Waals surface area contributed by atoms with Gasteiger partial charge in [0.2, 0.25) is 5.91 Å².